The Morgan fingerprint density at radius 2 is 1.88 bits per heavy atom. The number of nitrogens with zero attached hydrogens (tertiary/aromatic N) is 1. The van der Waals surface area contributed by atoms with Crippen LogP contribution in [0.25, 0.3) is 0 Å². The van der Waals surface area contributed by atoms with Gasteiger partial charge in [0.2, 0.25) is 0 Å². The van der Waals surface area contributed by atoms with Crippen LogP contribution in [0.5, 0.6) is 5.75 Å². The Kier molecular flexibility index (Phi) is 7.62. The van der Waals surface area contributed by atoms with Crippen molar-refractivity contribution >= 4 is 31.3 Å². The van der Waals surface area contributed by atoms with E-state index in [9.17, 15) is 5.11 Å². The molecule has 0 aliphatic heterocycles. The molecule has 1 N–H and O–H groups in total. The predicted molar refractivity (Wildman–Crippen MR) is 104 cm³/mol. The van der Waals surface area contributed by atoms with Crippen LogP contribution in [0.4, 0.5) is 0 Å². The first-order valence-electron chi connectivity index (χ1n) is 8.56. The van der Waals surface area contributed by atoms with E-state index in [0.29, 0.717) is 11.8 Å². The van der Waals surface area contributed by atoms with E-state index in [1.807, 2.05) is 31.3 Å². The van der Waals surface area contributed by atoms with E-state index >= 15 is 0 Å². The zero-order chi connectivity index (χ0) is 17.9. The van der Waals surface area contributed by atoms with Crippen LogP contribution in [0, 0.1) is 18.8 Å². The molecular formula is C18H27Cl2NOSiZr. The summed E-state index contributed by atoms with van der Waals surface area (Å²) < 4.78 is 0. The second kappa shape index (κ2) is 8.84. The predicted octanol–water partition coefficient (Wildman–Crippen LogP) is 6.00. The van der Waals surface area contributed by atoms with Crippen LogP contribution in [0.3, 0.4) is 0 Å². The van der Waals surface area contributed by atoms with Crippen molar-refractivity contribution in [2.45, 2.75) is 57.4 Å². The molecule has 1 aromatic rings. The molecule has 3 rings (SSSR count). The van der Waals surface area contributed by atoms with Gasteiger partial charge in [0.1, 0.15) is 5.75 Å². The van der Waals surface area contributed by atoms with E-state index in [1.165, 1.54) is 19.3 Å². The average Bonchev–Trinajstić information content (AvgIpc) is 3.09. The molecule has 132 valence electrons. The zero-order valence-electron chi connectivity index (χ0n) is 14.9. The molecule has 2 aliphatic carbocycles. The molecule has 0 aromatic heterocycles. The quantitative estimate of drug-likeness (QED) is 0.433. The molecule has 0 radical (unpaired) electrons. The fourth-order valence-electron chi connectivity index (χ4n) is 4.44. The van der Waals surface area contributed by atoms with E-state index in [-0.39, 0.29) is 0 Å². The SMILES string of the molecule is Cc1cccc(C=NC2CC3CC2C([Si](C)(C)C)C3)c1O.[Cl][Zr][Cl]. The number of rotatable bonds is 3. The molecule has 2 aliphatic rings. The molecule has 0 spiro atoms. The molecular weight excluding hydrogens is 436 g/mol. The monoisotopic (exact) mass is 461 g/mol. The molecule has 1 aromatic carbocycles. The van der Waals surface area contributed by atoms with Crippen molar-refractivity contribution in [3.05, 3.63) is 29.3 Å². The molecule has 6 heteroatoms. The third kappa shape index (κ3) is 4.96. The Morgan fingerprint density at radius 3 is 2.46 bits per heavy atom. The van der Waals surface area contributed by atoms with Crippen LogP contribution in [-0.4, -0.2) is 25.4 Å². The number of halogens is 2. The van der Waals surface area contributed by atoms with Crippen LogP contribution in [-0.2, 0) is 20.8 Å². The molecule has 0 amide bonds. The van der Waals surface area contributed by atoms with Crippen molar-refractivity contribution in [2.75, 3.05) is 0 Å². The molecule has 24 heavy (non-hydrogen) atoms. The Labute approximate surface area is 165 Å². The first-order chi connectivity index (χ1) is 11.3. The molecule has 4 unspecified atom stereocenters. The topological polar surface area (TPSA) is 32.6 Å². The number of fused-ring (bicyclic) bond motifs is 2. The van der Waals surface area contributed by atoms with E-state index < -0.39 is 28.9 Å². The third-order valence-electron chi connectivity index (χ3n) is 5.57. The first-order valence-corrected chi connectivity index (χ1v) is 18.5. The second-order valence-corrected chi connectivity index (χ2v) is 17.3. The summed E-state index contributed by atoms with van der Waals surface area (Å²) in [6.45, 7) is 9.45. The van der Waals surface area contributed by atoms with Crippen LogP contribution < -0.4 is 0 Å². The Hall–Kier alpha value is 0.370. The molecule has 2 saturated carbocycles. The Balaban J connectivity index is 0.000000647. The third-order valence-corrected chi connectivity index (χ3v) is 8.45. The van der Waals surface area contributed by atoms with Gasteiger partial charge < -0.3 is 5.11 Å². The van der Waals surface area contributed by atoms with Crippen LogP contribution in [0.2, 0.25) is 25.2 Å². The number of aliphatic imine (C=N–C) groups is 1. The van der Waals surface area contributed by atoms with Gasteiger partial charge >= 0.3 is 37.9 Å². The van der Waals surface area contributed by atoms with Gasteiger partial charge in [-0.2, -0.15) is 0 Å². The van der Waals surface area contributed by atoms with Gasteiger partial charge in [0.05, 0.1) is 6.04 Å². The summed E-state index contributed by atoms with van der Waals surface area (Å²) in [5.74, 6) is 2.08. The van der Waals surface area contributed by atoms with Gasteiger partial charge in [-0.3, -0.25) is 4.99 Å². The van der Waals surface area contributed by atoms with Gasteiger partial charge in [-0.1, -0.05) is 31.8 Å². The molecule has 0 saturated heterocycles. The molecule has 2 bridgehead atoms. The number of hydrogen-bond donors (Lipinski definition) is 1. The van der Waals surface area contributed by atoms with E-state index in [4.69, 9.17) is 22.0 Å². The second-order valence-electron chi connectivity index (χ2n) is 8.14. The minimum atomic E-state index is -1.07. The number of hydrogen-bond acceptors (Lipinski definition) is 2. The zero-order valence-corrected chi connectivity index (χ0v) is 19.9. The maximum absolute atomic E-state index is 10.1. The normalized spacial score (nSPS) is 28.8. The number of aryl methyl sites for hydroxylation is 1. The van der Waals surface area contributed by atoms with E-state index in [0.717, 1.165) is 28.5 Å². The summed E-state index contributed by atoms with van der Waals surface area (Å²) in [4.78, 5) is 4.88. The Bertz CT molecular complexity index is 591. The number of aromatic hydroxyl groups is 1. The number of phenolic OH excluding ortho intramolecular Hbond substituents is 1. The summed E-state index contributed by atoms with van der Waals surface area (Å²) in [7, 11) is 8.80. The number of para-hydroxylation sites is 1. The van der Waals surface area contributed by atoms with Crippen molar-refractivity contribution in [3.63, 3.8) is 0 Å². The van der Waals surface area contributed by atoms with Crippen molar-refractivity contribution in [1.82, 2.24) is 0 Å². The maximum atomic E-state index is 10.1. The number of phenols is 1. The van der Waals surface area contributed by atoms with Crippen LogP contribution in [0.1, 0.15) is 30.4 Å². The first kappa shape index (κ1) is 20.7. The Morgan fingerprint density at radius 1 is 1.21 bits per heavy atom. The fourth-order valence-corrected chi connectivity index (χ4v) is 7.13. The van der Waals surface area contributed by atoms with E-state index in [2.05, 4.69) is 19.6 Å². The summed E-state index contributed by atoms with van der Waals surface area (Å²) in [5.41, 5.74) is 2.72. The van der Waals surface area contributed by atoms with Gasteiger partial charge in [0.15, 0.2) is 0 Å². The molecule has 2 nitrogen and oxygen atoms in total. The van der Waals surface area contributed by atoms with Crippen LogP contribution in [0.15, 0.2) is 23.2 Å². The van der Waals surface area contributed by atoms with Crippen molar-refractivity contribution in [3.8, 4) is 5.75 Å². The van der Waals surface area contributed by atoms with Gasteiger partial charge in [-0.05, 0) is 55.2 Å². The van der Waals surface area contributed by atoms with Crippen LogP contribution >= 0.6 is 17.0 Å². The molecule has 4 atom stereocenters. The van der Waals surface area contributed by atoms with Gasteiger partial charge in [0, 0.05) is 19.9 Å². The molecule has 0 heterocycles. The summed E-state index contributed by atoms with van der Waals surface area (Å²) in [5, 5.41) is 10.1. The number of benzene rings is 1. The average molecular weight is 464 g/mol. The van der Waals surface area contributed by atoms with Gasteiger partial charge in [-0.15, -0.1) is 0 Å². The molecule has 2 fully saturated rings. The standard InChI is InChI=1S/C18H27NOSi.2ClH.Zr/c1-12-6-5-7-14(18(12)20)11-19-16-9-13-8-15(16)17(10-13)21(2,3)4;;;/h5-7,11,13,15-17,20H,8-10H2,1-4H3;2*1H;/q;;;+2/p-2. The minimum absolute atomic E-state index is 0.381. The van der Waals surface area contributed by atoms with Gasteiger partial charge in [-0.25, -0.2) is 0 Å². The van der Waals surface area contributed by atoms with Crippen molar-refractivity contribution in [2.24, 2.45) is 16.8 Å². The summed E-state index contributed by atoms with van der Waals surface area (Å²) in [6, 6.07) is 6.36. The van der Waals surface area contributed by atoms with Gasteiger partial charge in [0.25, 0.3) is 0 Å². The van der Waals surface area contributed by atoms with E-state index in [1.54, 1.807) is 0 Å². The fraction of sp³-hybridized carbons (Fsp3) is 0.611. The van der Waals surface area contributed by atoms with Crippen molar-refractivity contribution < 1.29 is 26.0 Å². The summed E-state index contributed by atoms with van der Waals surface area (Å²) >= 11 is -0.826. The van der Waals surface area contributed by atoms with Crippen molar-refractivity contribution in [1.29, 1.82) is 0 Å². The summed E-state index contributed by atoms with van der Waals surface area (Å²) in [6.07, 6.45) is 6.00.